The molecule has 0 saturated heterocycles. The monoisotopic (exact) mass is 424 g/mol. The lowest BCUT2D eigenvalue weighted by molar-refractivity contribution is 1.46. The van der Waals surface area contributed by atoms with Crippen LogP contribution in [0.3, 0.4) is 0 Å². The van der Waals surface area contributed by atoms with Crippen molar-refractivity contribution in [3.05, 3.63) is 107 Å². The third-order valence-electron chi connectivity index (χ3n) is 5.75. The molecule has 0 heterocycles. The zero-order valence-electron chi connectivity index (χ0n) is 19.1. The summed E-state index contributed by atoms with van der Waals surface area (Å²) in [7, 11) is 0. The van der Waals surface area contributed by atoms with Crippen molar-refractivity contribution in [3.63, 3.8) is 0 Å². The Morgan fingerprint density at radius 1 is 0.406 bits per heavy atom. The quantitative estimate of drug-likeness (QED) is 0.217. The van der Waals surface area contributed by atoms with E-state index in [1.165, 1.54) is 54.6 Å². The first-order valence-electron chi connectivity index (χ1n) is 10.9. The number of benzene rings is 5. The summed E-state index contributed by atoms with van der Waals surface area (Å²) in [4.78, 5) is 0. The predicted molar refractivity (Wildman–Crippen MR) is 149 cm³/mol. The van der Waals surface area contributed by atoms with Crippen LogP contribution in [0.25, 0.3) is 32.3 Å². The minimum Gasteiger partial charge on any atom is -0.0776 e. The molecule has 0 amide bonds. The Balaban J connectivity index is 0.000000289. The van der Waals surface area contributed by atoms with Crippen LogP contribution in [0.15, 0.2) is 84.9 Å². The second-order valence-corrected chi connectivity index (χ2v) is 7.64. The van der Waals surface area contributed by atoms with Gasteiger partial charge in [0.25, 0.3) is 0 Å². The maximum atomic E-state index is 2.30. The van der Waals surface area contributed by atoms with Gasteiger partial charge >= 0.3 is 0 Å². The summed E-state index contributed by atoms with van der Waals surface area (Å²) < 4.78 is 0. The summed E-state index contributed by atoms with van der Waals surface area (Å²) in [5.74, 6) is 0. The van der Waals surface area contributed by atoms with Crippen molar-refractivity contribution in [2.45, 2.75) is 56.4 Å². The summed E-state index contributed by atoms with van der Waals surface area (Å²) in [6.07, 6.45) is 0. The van der Waals surface area contributed by atoms with E-state index in [-0.39, 0.29) is 14.9 Å². The molecule has 0 atom stereocenters. The zero-order valence-corrected chi connectivity index (χ0v) is 19.1. The van der Waals surface area contributed by atoms with Gasteiger partial charge in [0.2, 0.25) is 0 Å². The molecule has 168 valence electrons. The Labute approximate surface area is 195 Å². The first-order valence-corrected chi connectivity index (χ1v) is 10.9. The van der Waals surface area contributed by atoms with Crippen molar-refractivity contribution >= 4 is 32.3 Å². The lowest BCUT2D eigenvalue weighted by atomic mass is 9.95. The molecular weight excluding hydrogens is 384 g/mol. The number of aryl methyl sites for hydroxylation is 4. The molecule has 5 aromatic carbocycles. The van der Waals surface area contributed by atoms with E-state index in [1.54, 1.807) is 0 Å². The van der Waals surface area contributed by atoms with E-state index in [0.29, 0.717) is 0 Å². The van der Waals surface area contributed by atoms with Crippen molar-refractivity contribution in [2.75, 3.05) is 0 Å². The molecule has 5 aromatic rings. The van der Waals surface area contributed by atoms with E-state index in [9.17, 15) is 0 Å². The first-order chi connectivity index (χ1) is 14.6. The van der Waals surface area contributed by atoms with Crippen LogP contribution in [0.1, 0.15) is 51.0 Å². The Morgan fingerprint density at radius 3 is 1.41 bits per heavy atom. The maximum Gasteiger partial charge on any atom is -0.0146 e. The van der Waals surface area contributed by atoms with Gasteiger partial charge in [0.1, 0.15) is 0 Å². The van der Waals surface area contributed by atoms with E-state index < -0.39 is 0 Å². The molecule has 0 aliphatic rings. The largest absolute Gasteiger partial charge is 0.0776 e. The van der Waals surface area contributed by atoms with Crippen LogP contribution >= 0.6 is 0 Å². The van der Waals surface area contributed by atoms with E-state index >= 15 is 0 Å². The van der Waals surface area contributed by atoms with Gasteiger partial charge < -0.3 is 0 Å². The van der Waals surface area contributed by atoms with Gasteiger partial charge in [-0.2, -0.15) is 0 Å². The van der Waals surface area contributed by atoms with Gasteiger partial charge in [0, 0.05) is 0 Å². The van der Waals surface area contributed by atoms with Gasteiger partial charge in [-0.25, -0.2) is 0 Å². The van der Waals surface area contributed by atoms with Crippen molar-refractivity contribution in [2.24, 2.45) is 0 Å². The third-order valence-corrected chi connectivity index (χ3v) is 5.75. The molecule has 5 rings (SSSR count). The molecule has 0 heteroatoms. The molecule has 0 aliphatic carbocycles. The lowest BCUT2D eigenvalue weighted by Gasteiger charge is -2.09. The van der Waals surface area contributed by atoms with Crippen molar-refractivity contribution < 1.29 is 0 Å². The molecule has 0 radical (unpaired) electrons. The third kappa shape index (κ3) is 5.37. The van der Waals surface area contributed by atoms with Crippen LogP contribution in [-0.4, -0.2) is 0 Å². The highest BCUT2D eigenvalue weighted by atomic mass is 14.1. The van der Waals surface area contributed by atoms with E-state index in [4.69, 9.17) is 0 Å². The minimum absolute atomic E-state index is 0. The van der Waals surface area contributed by atoms with Crippen LogP contribution in [-0.2, 0) is 0 Å². The van der Waals surface area contributed by atoms with Crippen molar-refractivity contribution in [1.82, 2.24) is 0 Å². The molecule has 0 N–H and O–H groups in total. The molecule has 0 saturated carbocycles. The number of rotatable bonds is 0. The summed E-state index contributed by atoms with van der Waals surface area (Å²) in [6.45, 7) is 12.7. The van der Waals surface area contributed by atoms with Gasteiger partial charge in [0.15, 0.2) is 0 Å². The zero-order chi connectivity index (χ0) is 21.7. The normalized spacial score (nSPS) is 9.69. The van der Waals surface area contributed by atoms with Gasteiger partial charge in [0.05, 0.1) is 0 Å². The highest BCUT2D eigenvalue weighted by Gasteiger charge is 2.04. The molecule has 0 aliphatic heterocycles. The fourth-order valence-electron chi connectivity index (χ4n) is 4.06. The van der Waals surface area contributed by atoms with Crippen molar-refractivity contribution in [3.8, 4) is 0 Å². The molecule has 0 bridgehead atoms. The maximum absolute atomic E-state index is 2.30. The SMILES string of the molecule is C.C.CC.Cc1ccc(C)c2ccccc12.Cc1cccc2c(C)c3ccccc3cc12. The molecule has 32 heavy (non-hydrogen) atoms. The average Bonchev–Trinajstić information content (AvgIpc) is 2.79. The Bertz CT molecular complexity index is 1250. The fourth-order valence-corrected chi connectivity index (χ4v) is 4.06. The van der Waals surface area contributed by atoms with Gasteiger partial charge in [-0.3, -0.25) is 0 Å². The Morgan fingerprint density at radius 2 is 0.844 bits per heavy atom. The van der Waals surface area contributed by atoms with Gasteiger partial charge in [-0.05, 0) is 88.3 Å². The van der Waals surface area contributed by atoms with Crippen molar-refractivity contribution in [1.29, 1.82) is 0 Å². The number of fused-ring (bicyclic) bond motifs is 3. The predicted octanol–water partition coefficient (Wildman–Crippen LogP) is 10.4. The van der Waals surface area contributed by atoms with Crippen LogP contribution in [0.4, 0.5) is 0 Å². The smallest absolute Gasteiger partial charge is 0.0146 e. The highest BCUT2D eigenvalue weighted by Crippen LogP contribution is 2.29. The van der Waals surface area contributed by atoms with Crippen LogP contribution in [0.2, 0.25) is 0 Å². The fraction of sp³-hybridized carbons (Fsp3) is 0.250. The topological polar surface area (TPSA) is 0 Å². The first kappa shape index (κ1) is 26.9. The molecule has 0 nitrogen and oxygen atoms in total. The highest BCUT2D eigenvalue weighted by molar-refractivity contribution is 6.03. The Kier molecular flexibility index (Phi) is 10.1. The van der Waals surface area contributed by atoms with Gasteiger partial charge in [-0.1, -0.05) is 108 Å². The number of hydrogen-bond acceptors (Lipinski definition) is 0. The summed E-state index contributed by atoms with van der Waals surface area (Å²) in [6, 6.07) is 30.3. The molecular formula is C32H40. The molecule has 0 spiro atoms. The van der Waals surface area contributed by atoms with Crippen LogP contribution in [0.5, 0.6) is 0 Å². The second-order valence-electron chi connectivity index (χ2n) is 7.64. The standard InChI is InChI=1S/C16H14.C12H12.C2H6.2CH4/c1-11-6-5-9-15-12(2)14-8-4-3-7-13(14)10-16(11)15;1-9-7-8-10(2)12-6-4-3-5-11(9)12;1-2;;/h3-10H,1-2H3;3-8H,1-2H3;1-2H3;2*1H4. The molecule has 0 fully saturated rings. The lowest BCUT2D eigenvalue weighted by Crippen LogP contribution is -1.84. The van der Waals surface area contributed by atoms with Crippen LogP contribution in [0, 0.1) is 27.7 Å². The van der Waals surface area contributed by atoms with Crippen LogP contribution < -0.4 is 0 Å². The molecule has 0 unspecified atom stereocenters. The Hall–Kier alpha value is -3.12. The second kappa shape index (κ2) is 12.1. The van der Waals surface area contributed by atoms with Gasteiger partial charge in [-0.15, -0.1) is 0 Å². The summed E-state index contributed by atoms with van der Waals surface area (Å²) >= 11 is 0. The average molecular weight is 425 g/mol. The summed E-state index contributed by atoms with van der Waals surface area (Å²) in [5.41, 5.74) is 5.45. The number of hydrogen-bond donors (Lipinski definition) is 0. The summed E-state index contributed by atoms with van der Waals surface area (Å²) in [5, 5.41) is 8.19. The minimum atomic E-state index is 0. The van der Waals surface area contributed by atoms with E-state index in [1.807, 2.05) is 13.8 Å². The molecule has 0 aromatic heterocycles. The van der Waals surface area contributed by atoms with E-state index in [0.717, 1.165) is 0 Å². The van der Waals surface area contributed by atoms with E-state index in [2.05, 4.69) is 113 Å².